The fourth-order valence-corrected chi connectivity index (χ4v) is 1.44. The molecule has 0 amide bonds. The van der Waals surface area contributed by atoms with Gasteiger partial charge in [0.1, 0.15) is 0 Å². The van der Waals surface area contributed by atoms with Crippen molar-refractivity contribution in [2.24, 2.45) is 0 Å². The second-order valence-corrected chi connectivity index (χ2v) is 3.61. The van der Waals surface area contributed by atoms with Crippen LogP contribution in [0.25, 0.3) is 0 Å². The minimum Gasteiger partial charge on any atom is -0.438 e. The molecule has 0 saturated heterocycles. The minimum absolute atomic E-state index is 0.411. The van der Waals surface area contributed by atoms with Gasteiger partial charge in [-0.1, -0.05) is 30.3 Å². The van der Waals surface area contributed by atoms with Gasteiger partial charge in [0, 0.05) is 0 Å². The van der Waals surface area contributed by atoms with Crippen molar-refractivity contribution in [1.82, 2.24) is 0 Å². The fourth-order valence-electron chi connectivity index (χ4n) is 1.44. The van der Waals surface area contributed by atoms with Crippen LogP contribution in [0, 0.1) is 0 Å². The van der Waals surface area contributed by atoms with E-state index in [9.17, 15) is 4.79 Å². The molecule has 0 aliphatic carbocycles. The number of hydrogen-bond acceptors (Lipinski definition) is 3. The van der Waals surface area contributed by atoms with Crippen LogP contribution < -0.4 is 0 Å². The van der Waals surface area contributed by atoms with Crippen molar-refractivity contribution >= 4 is 6.47 Å². The molecule has 0 N–H and O–H groups in total. The first kappa shape index (κ1) is 12.7. The lowest BCUT2D eigenvalue weighted by atomic mass is 10.1. The third-order valence-electron chi connectivity index (χ3n) is 2.30. The molecule has 0 heterocycles. The predicted molar refractivity (Wildman–Crippen MR) is 61.9 cm³/mol. The summed E-state index contributed by atoms with van der Waals surface area (Å²) in [6.07, 6.45) is 2.68. The van der Waals surface area contributed by atoms with Crippen molar-refractivity contribution in [3.8, 4) is 0 Å². The molecule has 88 valence electrons. The van der Waals surface area contributed by atoms with Crippen LogP contribution in [0.4, 0.5) is 0 Å². The second kappa shape index (κ2) is 7.88. The maximum Gasteiger partial charge on any atom is 0.295 e. The van der Waals surface area contributed by atoms with E-state index in [1.165, 1.54) is 5.56 Å². The Labute approximate surface area is 96.4 Å². The third-order valence-corrected chi connectivity index (χ3v) is 2.30. The third kappa shape index (κ3) is 5.51. The smallest absolute Gasteiger partial charge is 0.295 e. The summed E-state index contributed by atoms with van der Waals surface area (Å²) < 4.78 is 9.87. The highest BCUT2D eigenvalue weighted by Gasteiger charge is 2.00. The van der Waals surface area contributed by atoms with Gasteiger partial charge < -0.3 is 9.47 Å². The van der Waals surface area contributed by atoms with Crippen LogP contribution in [0.2, 0.25) is 0 Å². The summed E-state index contributed by atoms with van der Waals surface area (Å²) in [6.45, 7) is 2.75. The first-order valence-corrected chi connectivity index (χ1v) is 5.57. The Hall–Kier alpha value is -1.35. The van der Waals surface area contributed by atoms with E-state index in [1.54, 1.807) is 6.92 Å². The van der Waals surface area contributed by atoms with E-state index in [0.29, 0.717) is 13.1 Å². The molecule has 0 saturated carbocycles. The average Bonchev–Trinajstić information content (AvgIpc) is 2.30. The molecule has 0 aromatic heterocycles. The van der Waals surface area contributed by atoms with E-state index in [1.807, 2.05) is 18.2 Å². The zero-order valence-electron chi connectivity index (χ0n) is 9.59. The summed E-state index contributed by atoms with van der Waals surface area (Å²) in [5.74, 6) is 0. The van der Waals surface area contributed by atoms with E-state index in [2.05, 4.69) is 16.9 Å². The summed E-state index contributed by atoms with van der Waals surface area (Å²) in [5, 5.41) is 0. The standard InChI is InChI=1S/C13H18O3/c1-12(16-11-14)15-10-6-5-9-13-7-3-2-4-8-13/h2-4,7-8,11-12H,5-6,9-10H2,1H3. The molecule has 1 rings (SSSR count). The van der Waals surface area contributed by atoms with Crippen LogP contribution in [0.5, 0.6) is 0 Å². The highest BCUT2D eigenvalue weighted by Crippen LogP contribution is 2.05. The van der Waals surface area contributed by atoms with Crippen molar-refractivity contribution in [2.75, 3.05) is 6.61 Å². The Kier molecular flexibility index (Phi) is 6.26. The lowest BCUT2D eigenvalue weighted by Crippen LogP contribution is -2.12. The Balaban J connectivity index is 2.02. The molecular weight excluding hydrogens is 204 g/mol. The van der Waals surface area contributed by atoms with Crippen LogP contribution in [0.1, 0.15) is 25.3 Å². The number of benzene rings is 1. The SMILES string of the molecule is CC(OC=O)OCCCCc1ccccc1. The first-order chi connectivity index (χ1) is 7.83. The number of rotatable bonds is 8. The Morgan fingerprint density at radius 2 is 2.00 bits per heavy atom. The molecule has 1 aromatic rings. The number of ether oxygens (including phenoxy) is 2. The molecule has 0 radical (unpaired) electrons. The average molecular weight is 222 g/mol. The van der Waals surface area contributed by atoms with Crippen LogP contribution in [0.3, 0.4) is 0 Å². The van der Waals surface area contributed by atoms with Gasteiger partial charge in [0.2, 0.25) is 0 Å². The van der Waals surface area contributed by atoms with Crippen molar-refractivity contribution in [3.05, 3.63) is 35.9 Å². The van der Waals surface area contributed by atoms with Gasteiger partial charge in [-0.15, -0.1) is 0 Å². The largest absolute Gasteiger partial charge is 0.438 e. The van der Waals surface area contributed by atoms with Gasteiger partial charge in [0.25, 0.3) is 6.47 Å². The lowest BCUT2D eigenvalue weighted by molar-refractivity contribution is -0.159. The van der Waals surface area contributed by atoms with Gasteiger partial charge in [0.05, 0.1) is 6.61 Å². The Morgan fingerprint density at radius 3 is 2.69 bits per heavy atom. The predicted octanol–water partition coefficient (Wildman–Crippen LogP) is 2.54. The minimum atomic E-state index is -0.436. The molecule has 1 unspecified atom stereocenters. The summed E-state index contributed by atoms with van der Waals surface area (Å²) in [4.78, 5) is 9.99. The monoisotopic (exact) mass is 222 g/mol. The molecule has 0 aliphatic rings. The number of aryl methyl sites for hydroxylation is 1. The van der Waals surface area contributed by atoms with E-state index in [0.717, 1.165) is 19.3 Å². The van der Waals surface area contributed by atoms with Crippen LogP contribution in [-0.4, -0.2) is 19.4 Å². The van der Waals surface area contributed by atoms with E-state index >= 15 is 0 Å². The Morgan fingerprint density at radius 1 is 1.25 bits per heavy atom. The maximum atomic E-state index is 9.99. The van der Waals surface area contributed by atoms with Crippen molar-refractivity contribution < 1.29 is 14.3 Å². The van der Waals surface area contributed by atoms with Gasteiger partial charge in [-0.2, -0.15) is 0 Å². The van der Waals surface area contributed by atoms with Crippen molar-refractivity contribution in [1.29, 1.82) is 0 Å². The summed E-state index contributed by atoms with van der Waals surface area (Å²) in [5.41, 5.74) is 1.35. The molecule has 3 nitrogen and oxygen atoms in total. The molecule has 0 aliphatic heterocycles. The molecule has 3 heteroatoms. The van der Waals surface area contributed by atoms with E-state index in [4.69, 9.17) is 4.74 Å². The molecule has 0 fully saturated rings. The summed E-state index contributed by atoms with van der Waals surface area (Å²) in [7, 11) is 0. The highest BCUT2D eigenvalue weighted by molar-refractivity contribution is 5.37. The number of hydrogen-bond donors (Lipinski definition) is 0. The van der Waals surface area contributed by atoms with Gasteiger partial charge in [-0.3, -0.25) is 4.79 Å². The number of unbranched alkanes of at least 4 members (excludes halogenated alkanes) is 1. The van der Waals surface area contributed by atoms with Gasteiger partial charge in [0.15, 0.2) is 6.29 Å². The summed E-state index contributed by atoms with van der Waals surface area (Å²) >= 11 is 0. The van der Waals surface area contributed by atoms with Crippen LogP contribution in [0.15, 0.2) is 30.3 Å². The second-order valence-electron chi connectivity index (χ2n) is 3.61. The topological polar surface area (TPSA) is 35.5 Å². The molecule has 1 aromatic carbocycles. The highest BCUT2D eigenvalue weighted by atomic mass is 16.7. The Bertz CT molecular complexity index is 284. The van der Waals surface area contributed by atoms with Gasteiger partial charge in [-0.05, 0) is 31.7 Å². The number of carbonyl (C=O) groups is 1. The van der Waals surface area contributed by atoms with E-state index in [-0.39, 0.29) is 0 Å². The normalized spacial score (nSPS) is 12.1. The lowest BCUT2D eigenvalue weighted by Gasteiger charge is -2.10. The van der Waals surface area contributed by atoms with Gasteiger partial charge >= 0.3 is 0 Å². The number of carbonyl (C=O) groups excluding carboxylic acids is 1. The molecule has 1 atom stereocenters. The molecular formula is C13H18O3. The van der Waals surface area contributed by atoms with Crippen LogP contribution in [-0.2, 0) is 20.7 Å². The zero-order valence-corrected chi connectivity index (χ0v) is 9.59. The molecule has 16 heavy (non-hydrogen) atoms. The maximum absolute atomic E-state index is 9.99. The van der Waals surface area contributed by atoms with Crippen molar-refractivity contribution in [2.45, 2.75) is 32.5 Å². The molecule has 0 spiro atoms. The fraction of sp³-hybridized carbons (Fsp3) is 0.462. The first-order valence-electron chi connectivity index (χ1n) is 5.57. The molecule has 0 bridgehead atoms. The quantitative estimate of drug-likeness (QED) is 0.385. The zero-order chi connectivity index (χ0) is 11.6. The van der Waals surface area contributed by atoms with Crippen LogP contribution >= 0.6 is 0 Å². The summed E-state index contributed by atoms with van der Waals surface area (Å²) in [6, 6.07) is 10.4. The van der Waals surface area contributed by atoms with Gasteiger partial charge in [-0.25, -0.2) is 0 Å². The van der Waals surface area contributed by atoms with Crippen molar-refractivity contribution in [3.63, 3.8) is 0 Å². The van der Waals surface area contributed by atoms with E-state index < -0.39 is 6.29 Å².